The van der Waals surface area contributed by atoms with E-state index in [4.69, 9.17) is 5.73 Å². The molecule has 1 fully saturated rings. The maximum atomic E-state index is 5.97. The second kappa shape index (κ2) is 8.23. The number of thiophene rings is 1. The number of nitrogens with two attached hydrogens (primary N) is 1. The molecule has 1 aliphatic heterocycles. The first-order chi connectivity index (χ1) is 16.2. The van der Waals surface area contributed by atoms with E-state index in [1.807, 2.05) is 18.3 Å². The van der Waals surface area contributed by atoms with Crippen molar-refractivity contribution in [1.29, 1.82) is 0 Å². The summed E-state index contributed by atoms with van der Waals surface area (Å²) >= 11 is 1.56. The molecule has 1 saturated heterocycles. The number of fused-ring (bicyclic) bond motifs is 2. The van der Waals surface area contributed by atoms with Gasteiger partial charge in [0, 0.05) is 17.6 Å². The van der Waals surface area contributed by atoms with Crippen molar-refractivity contribution in [3.63, 3.8) is 0 Å². The minimum atomic E-state index is 0.190. The van der Waals surface area contributed by atoms with Crippen LogP contribution in [0.2, 0.25) is 0 Å². The zero-order valence-electron chi connectivity index (χ0n) is 18.0. The van der Waals surface area contributed by atoms with Crippen molar-refractivity contribution in [2.45, 2.75) is 25.4 Å². The quantitative estimate of drug-likeness (QED) is 0.404. The highest BCUT2D eigenvalue weighted by Gasteiger charge is 2.23. The Bertz CT molecular complexity index is 1510. The topological polar surface area (TPSA) is 72.9 Å². The largest absolute Gasteiger partial charge is 0.383 e. The number of aromatic nitrogens is 4. The van der Waals surface area contributed by atoms with Gasteiger partial charge in [-0.05, 0) is 42.7 Å². The lowest BCUT2D eigenvalue weighted by Crippen LogP contribution is -2.27. The molecule has 33 heavy (non-hydrogen) atoms. The van der Waals surface area contributed by atoms with Crippen LogP contribution in [0.25, 0.3) is 21.1 Å². The van der Waals surface area contributed by atoms with Crippen LogP contribution in [-0.2, 0) is 6.54 Å². The van der Waals surface area contributed by atoms with Crippen LogP contribution in [-0.4, -0.2) is 32.3 Å². The predicted molar refractivity (Wildman–Crippen MR) is 134 cm³/mol. The maximum Gasteiger partial charge on any atom is 0.135 e. The Kier molecular flexibility index (Phi) is 4.93. The Morgan fingerprint density at radius 3 is 2.88 bits per heavy atom. The van der Waals surface area contributed by atoms with Gasteiger partial charge >= 0.3 is 0 Å². The van der Waals surface area contributed by atoms with Gasteiger partial charge in [-0.25, -0.2) is 9.97 Å². The fraction of sp³-hybridized carbons (Fsp3) is 0.192. The van der Waals surface area contributed by atoms with E-state index in [1.54, 1.807) is 11.3 Å². The van der Waals surface area contributed by atoms with Crippen LogP contribution in [0, 0.1) is 11.8 Å². The lowest BCUT2D eigenvalue weighted by Gasteiger charge is -2.23. The lowest BCUT2D eigenvalue weighted by atomic mass is 10.1. The number of anilines is 2. The average Bonchev–Trinajstić information content (AvgIpc) is 3.57. The molecule has 162 valence electrons. The maximum absolute atomic E-state index is 5.97. The summed E-state index contributed by atoms with van der Waals surface area (Å²) in [6.45, 7) is 1.78. The average molecular weight is 451 g/mol. The molecule has 6 rings (SSSR count). The van der Waals surface area contributed by atoms with Crippen LogP contribution in [0.1, 0.15) is 23.3 Å². The van der Waals surface area contributed by atoms with Crippen molar-refractivity contribution in [3.8, 4) is 11.8 Å². The summed E-state index contributed by atoms with van der Waals surface area (Å²) in [4.78, 5) is 12.6. The van der Waals surface area contributed by atoms with E-state index in [0.29, 0.717) is 5.82 Å². The molecule has 2 N–H and O–H groups in total. The predicted octanol–water partition coefficient (Wildman–Crippen LogP) is 4.69. The highest BCUT2D eigenvalue weighted by atomic mass is 32.1. The van der Waals surface area contributed by atoms with Crippen LogP contribution >= 0.6 is 11.3 Å². The monoisotopic (exact) mass is 450 g/mol. The molecular weight excluding hydrogens is 428 g/mol. The fourth-order valence-corrected chi connectivity index (χ4v) is 5.32. The van der Waals surface area contributed by atoms with Gasteiger partial charge in [-0.1, -0.05) is 42.2 Å². The molecule has 4 heterocycles. The van der Waals surface area contributed by atoms with Crippen LogP contribution < -0.4 is 10.6 Å². The van der Waals surface area contributed by atoms with Gasteiger partial charge in [0.25, 0.3) is 0 Å². The van der Waals surface area contributed by atoms with E-state index in [-0.39, 0.29) is 6.04 Å². The third-order valence-corrected chi connectivity index (χ3v) is 7.07. The van der Waals surface area contributed by atoms with Crippen molar-refractivity contribution < 1.29 is 0 Å². The molecule has 0 saturated carbocycles. The number of nitrogen functional groups attached to an aromatic ring is 1. The summed E-state index contributed by atoms with van der Waals surface area (Å²) in [5.41, 5.74) is 9.56. The van der Waals surface area contributed by atoms with Crippen LogP contribution in [0.3, 0.4) is 0 Å². The summed E-state index contributed by atoms with van der Waals surface area (Å²) in [6.07, 6.45) is 5.66. The SMILES string of the molecule is Nc1ncnc2sc(C#C[C@H]3CCCN3c3ccc4c(cnn4Cc4ccccc4)c3)cc12. The summed E-state index contributed by atoms with van der Waals surface area (Å²) in [7, 11) is 0. The Morgan fingerprint density at radius 2 is 2.00 bits per heavy atom. The molecule has 6 nitrogen and oxygen atoms in total. The summed E-state index contributed by atoms with van der Waals surface area (Å²) < 4.78 is 2.06. The van der Waals surface area contributed by atoms with Gasteiger partial charge in [-0.15, -0.1) is 11.3 Å². The van der Waals surface area contributed by atoms with Gasteiger partial charge in [-0.2, -0.15) is 5.10 Å². The van der Waals surface area contributed by atoms with Gasteiger partial charge in [0.2, 0.25) is 0 Å². The van der Waals surface area contributed by atoms with Gasteiger partial charge < -0.3 is 10.6 Å². The molecule has 0 spiro atoms. The smallest absolute Gasteiger partial charge is 0.135 e. The Hall–Kier alpha value is -3.89. The Morgan fingerprint density at radius 1 is 1.09 bits per heavy atom. The Balaban J connectivity index is 1.25. The van der Waals surface area contributed by atoms with E-state index >= 15 is 0 Å². The van der Waals surface area contributed by atoms with Crippen molar-refractivity contribution in [2.75, 3.05) is 17.2 Å². The van der Waals surface area contributed by atoms with E-state index in [2.05, 4.69) is 79.0 Å². The molecular formula is C26H22N6S. The standard InChI is InChI=1S/C26H22N6S/c27-25-23-14-22(33-26(23)29-17-28-25)10-8-20-7-4-12-31(20)21-9-11-24-19(13-21)15-30-32(24)16-18-5-2-1-3-6-18/h1-3,5-6,9,11,13-15,17,20H,4,7,12,16H2,(H2,27,28,29)/t20-/m1/s1. The van der Waals surface area contributed by atoms with E-state index in [1.165, 1.54) is 17.6 Å². The minimum absolute atomic E-state index is 0.190. The lowest BCUT2D eigenvalue weighted by molar-refractivity contribution is 0.712. The fourth-order valence-electron chi connectivity index (χ4n) is 4.45. The van der Waals surface area contributed by atoms with Crippen molar-refractivity contribution in [3.05, 3.63) is 77.6 Å². The number of benzene rings is 2. The molecule has 0 radical (unpaired) electrons. The zero-order valence-corrected chi connectivity index (χ0v) is 18.8. The highest BCUT2D eigenvalue weighted by molar-refractivity contribution is 7.19. The Labute approximate surface area is 195 Å². The van der Waals surface area contributed by atoms with Crippen molar-refractivity contribution >= 4 is 44.0 Å². The second-order valence-corrected chi connectivity index (χ2v) is 9.27. The summed E-state index contributed by atoms with van der Waals surface area (Å²) in [6, 6.07) is 19.2. The second-order valence-electron chi connectivity index (χ2n) is 8.24. The first kappa shape index (κ1) is 19.8. The van der Waals surface area contributed by atoms with Crippen LogP contribution in [0.5, 0.6) is 0 Å². The van der Waals surface area contributed by atoms with E-state index in [0.717, 1.165) is 51.9 Å². The summed E-state index contributed by atoms with van der Waals surface area (Å²) in [5, 5.41) is 6.67. The molecule has 1 aliphatic rings. The zero-order chi connectivity index (χ0) is 22.2. The number of hydrogen-bond donors (Lipinski definition) is 1. The molecule has 0 unspecified atom stereocenters. The van der Waals surface area contributed by atoms with E-state index in [9.17, 15) is 0 Å². The first-order valence-electron chi connectivity index (χ1n) is 11.0. The molecule has 3 aromatic heterocycles. The van der Waals surface area contributed by atoms with Crippen molar-refractivity contribution in [2.24, 2.45) is 0 Å². The molecule has 0 amide bonds. The molecule has 2 aromatic carbocycles. The van der Waals surface area contributed by atoms with E-state index < -0.39 is 0 Å². The molecule has 0 aliphatic carbocycles. The third kappa shape index (κ3) is 3.79. The first-order valence-corrected chi connectivity index (χ1v) is 11.8. The van der Waals surface area contributed by atoms with Crippen molar-refractivity contribution in [1.82, 2.24) is 19.7 Å². The number of hydrogen-bond acceptors (Lipinski definition) is 6. The van der Waals surface area contributed by atoms with Gasteiger partial charge in [0.1, 0.15) is 17.0 Å². The van der Waals surface area contributed by atoms with Gasteiger partial charge in [0.15, 0.2) is 0 Å². The molecule has 0 bridgehead atoms. The highest BCUT2D eigenvalue weighted by Crippen LogP contribution is 2.30. The number of nitrogens with zero attached hydrogens (tertiary/aromatic N) is 5. The molecule has 5 aromatic rings. The number of rotatable bonds is 3. The van der Waals surface area contributed by atoms with Gasteiger partial charge in [0.05, 0.1) is 34.6 Å². The third-order valence-electron chi connectivity index (χ3n) is 6.11. The van der Waals surface area contributed by atoms with Crippen LogP contribution in [0.15, 0.2) is 67.1 Å². The van der Waals surface area contributed by atoms with Gasteiger partial charge in [-0.3, -0.25) is 4.68 Å². The minimum Gasteiger partial charge on any atom is -0.383 e. The molecule has 7 heteroatoms. The van der Waals surface area contributed by atoms with Crippen LogP contribution in [0.4, 0.5) is 11.5 Å². The summed E-state index contributed by atoms with van der Waals surface area (Å²) in [5.74, 6) is 7.36. The molecule has 1 atom stereocenters. The normalized spacial score (nSPS) is 15.8.